The maximum atomic E-state index is 14.4. The SMILES string of the molecule is COC1C(n2cc(-c3cc(F)c(C)c(F)c3)nn2)[C@H]2OC(c3ccccc3)OCC2O[C@@H]1Sc1cc(Cl)cnc1C#N. The van der Waals surface area contributed by atoms with Crippen LogP contribution in [-0.2, 0) is 18.9 Å². The van der Waals surface area contributed by atoms with Crippen LogP contribution in [0.1, 0.15) is 29.2 Å². The second kappa shape index (κ2) is 12.0. The predicted octanol–water partition coefficient (Wildman–Crippen LogP) is 5.64. The zero-order valence-electron chi connectivity index (χ0n) is 22.4. The molecule has 4 heterocycles. The number of fused-ring (bicyclic) bond motifs is 1. The standard InChI is InChI=1S/C29H24ClF2N5O4S/c1-15-19(31)8-17(9-20(15)32)22-13-37(36-35-22)25-26-23(14-39-28(41-26)16-6-4-3-5-7-16)40-29(27(25)38-2)42-24-10-18(30)12-34-21(24)11-33/h3-10,12-13,23,25-29H,14H2,1-2H3/t23?,25?,26-,27?,28?,29+/m0/s1. The van der Waals surface area contributed by atoms with Crippen molar-refractivity contribution in [2.45, 2.75) is 47.9 Å². The van der Waals surface area contributed by atoms with E-state index in [1.54, 1.807) is 16.9 Å². The van der Waals surface area contributed by atoms with Crippen LogP contribution in [-0.4, -0.2) is 57.4 Å². The van der Waals surface area contributed by atoms with Crippen molar-refractivity contribution in [3.63, 3.8) is 0 Å². The number of nitrogens with zero attached hydrogens (tertiary/aromatic N) is 5. The number of ether oxygens (including phenoxy) is 4. The van der Waals surface area contributed by atoms with Crippen LogP contribution in [0, 0.1) is 29.9 Å². The number of methoxy groups -OCH3 is 1. The van der Waals surface area contributed by atoms with Crippen molar-refractivity contribution in [1.29, 1.82) is 5.26 Å². The lowest BCUT2D eigenvalue weighted by Crippen LogP contribution is -2.59. The van der Waals surface area contributed by atoms with Crippen LogP contribution in [0.2, 0.25) is 5.02 Å². The van der Waals surface area contributed by atoms with E-state index in [0.717, 1.165) is 5.56 Å². The predicted molar refractivity (Wildman–Crippen MR) is 148 cm³/mol. The van der Waals surface area contributed by atoms with Crippen molar-refractivity contribution in [3.05, 3.63) is 94.4 Å². The maximum Gasteiger partial charge on any atom is 0.184 e. The van der Waals surface area contributed by atoms with Crippen molar-refractivity contribution in [1.82, 2.24) is 20.0 Å². The minimum atomic E-state index is -0.683. The van der Waals surface area contributed by atoms with Gasteiger partial charge in [-0.1, -0.05) is 58.9 Å². The third kappa shape index (κ3) is 5.51. The monoisotopic (exact) mass is 611 g/mol. The number of halogens is 3. The Balaban J connectivity index is 1.39. The summed E-state index contributed by atoms with van der Waals surface area (Å²) in [6, 6.07) is 15.0. The molecule has 0 amide bonds. The second-order valence-electron chi connectivity index (χ2n) is 9.79. The quantitative estimate of drug-likeness (QED) is 0.274. The molecule has 216 valence electrons. The van der Waals surface area contributed by atoms with E-state index in [4.69, 9.17) is 30.5 Å². The van der Waals surface area contributed by atoms with Crippen molar-refractivity contribution >= 4 is 23.4 Å². The third-order valence-corrected chi connectivity index (χ3v) is 8.60. The first-order valence-corrected chi connectivity index (χ1v) is 14.2. The van der Waals surface area contributed by atoms with E-state index >= 15 is 0 Å². The summed E-state index contributed by atoms with van der Waals surface area (Å²) in [5.41, 5.74) is 0.780. The molecule has 6 rings (SSSR count). The molecular weight excluding hydrogens is 588 g/mol. The third-order valence-electron chi connectivity index (χ3n) is 7.21. The van der Waals surface area contributed by atoms with Gasteiger partial charge in [-0.3, -0.25) is 0 Å². The number of hydrogen-bond acceptors (Lipinski definition) is 9. The fraction of sp³-hybridized carbons (Fsp3) is 0.310. The Kier molecular flexibility index (Phi) is 8.22. The van der Waals surface area contributed by atoms with E-state index in [9.17, 15) is 14.0 Å². The molecule has 2 aromatic heterocycles. The molecule has 2 aromatic carbocycles. The molecule has 0 aliphatic carbocycles. The molecule has 2 aliphatic rings. The van der Waals surface area contributed by atoms with Crippen LogP contribution in [0.5, 0.6) is 0 Å². The smallest absolute Gasteiger partial charge is 0.184 e. The summed E-state index contributed by atoms with van der Waals surface area (Å²) < 4.78 is 55.3. The number of nitriles is 1. The summed E-state index contributed by atoms with van der Waals surface area (Å²) in [6.45, 7) is 1.57. The van der Waals surface area contributed by atoms with Gasteiger partial charge in [0.15, 0.2) is 12.0 Å². The van der Waals surface area contributed by atoms with Crippen LogP contribution >= 0.6 is 23.4 Å². The van der Waals surface area contributed by atoms with Crippen molar-refractivity contribution in [2.24, 2.45) is 0 Å². The Bertz CT molecular complexity index is 1620. The van der Waals surface area contributed by atoms with Gasteiger partial charge in [-0.15, -0.1) is 5.10 Å². The minimum absolute atomic E-state index is 0.0764. The summed E-state index contributed by atoms with van der Waals surface area (Å²) in [7, 11) is 1.53. The molecule has 0 radical (unpaired) electrons. The number of rotatable bonds is 6. The first-order chi connectivity index (χ1) is 20.4. The molecule has 2 fully saturated rings. The van der Waals surface area contributed by atoms with Gasteiger partial charge in [0.25, 0.3) is 0 Å². The zero-order valence-corrected chi connectivity index (χ0v) is 23.9. The normalized spacial score (nSPS) is 25.5. The molecule has 0 spiro atoms. The van der Waals surface area contributed by atoms with Gasteiger partial charge in [0.1, 0.15) is 53.2 Å². The average Bonchev–Trinajstić information content (AvgIpc) is 3.49. The number of thioether (sulfide) groups is 1. The van der Waals surface area contributed by atoms with E-state index in [0.29, 0.717) is 9.92 Å². The molecule has 9 nitrogen and oxygen atoms in total. The Labute approximate surface area is 249 Å². The van der Waals surface area contributed by atoms with Crippen LogP contribution in [0.3, 0.4) is 0 Å². The van der Waals surface area contributed by atoms with Gasteiger partial charge in [-0.05, 0) is 25.1 Å². The largest absolute Gasteiger partial charge is 0.375 e. The van der Waals surface area contributed by atoms with Gasteiger partial charge in [0, 0.05) is 34.9 Å². The molecular formula is C29H24ClF2N5O4S. The fourth-order valence-corrected chi connectivity index (χ4v) is 6.54. The van der Waals surface area contributed by atoms with Crippen LogP contribution < -0.4 is 0 Å². The summed E-state index contributed by atoms with van der Waals surface area (Å²) in [4.78, 5) is 4.64. The first kappa shape index (κ1) is 28.7. The van der Waals surface area contributed by atoms with Gasteiger partial charge < -0.3 is 18.9 Å². The summed E-state index contributed by atoms with van der Waals surface area (Å²) >= 11 is 7.43. The fourth-order valence-electron chi connectivity index (χ4n) is 5.06. The van der Waals surface area contributed by atoms with Gasteiger partial charge in [0.2, 0.25) is 0 Å². The van der Waals surface area contributed by atoms with Gasteiger partial charge in [-0.25, -0.2) is 18.4 Å². The highest BCUT2D eigenvalue weighted by molar-refractivity contribution is 7.99. The Hall–Kier alpha value is -3.44. The highest BCUT2D eigenvalue weighted by atomic mass is 35.5. The highest BCUT2D eigenvalue weighted by Gasteiger charge is 2.52. The number of pyridine rings is 1. The van der Waals surface area contributed by atoms with Crippen LogP contribution in [0.4, 0.5) is 8.78 Å². The maximum absolute atomic E-state index is 14.4. The molecule has 2 aliphatic heterocycles. The molecule has 13 heteroatoms. The second-order valence-corrected chi connectivity index (χ2v) is 11.4. The van der Waals surface area contributed by atoms with Crippen molar-refractivity contribution in [3.8, 4) is 17.3 Å². The lowest BCUT2D eigenvalue weighted by atomic mass is 9.95. The molecule has 0 saturated carbocycles. The summed E-state index contributed by atoms with van der Waals surface area (Å²) in [5, 5.41) is 18.6. The number of hydrogen-bond donors (Lipinski definition) is 0. The van der Waals surface area contributed by atoms with E-state index in [1.165, 1.54) is 44.1 Å². The topological polar surface area (TPSA) is 104 Å². The highest BCUT2D eigenvalue weighted by Crippen LogP contribution is 2.45. The zero-order chi connectivity index (χ0) is 29.4. The number of aromatic nitrogens is 4. The molecule has 2 saturated heterocycles. The molecule has 42 heavy (non-hydrogen) atoms. The average molecular weight is 612 g/mol. The van der Waals surface area contributed by atoms with E-state index < -0.39 is 47.7 Å². The Morgan fingerprint density at radius 3 is 2.62 bits per heavy atom. The minimum Gasteiger partial charge on any atom is -0.375 e. The number of benzene rings is 2. The lowest BCUT2D eigenvalue weighted by molar-refractivity contribution is -0.308. The van der Waals surface area contributed by atoms with Crippen LogP contribution in [0.25, 0.3) is 11.3 Å². The van der Waals surface area contributed by atoms with E-state index in [1.807, 2.05) is 30.3 Å². The Morgan fingerprint density at radius 2 is 1.90 bits per heavy atom. The molecule has 6 atom stereocenters. The van der Waals surface area contributed by atoms with Crippen molar-refractivity contribution < 1.29 is 27.7 Å². The van der Waals surface area contributed by atoms with E-state index in [-0.39, 0.29) is 29.1 Å². The van der Waals surface area contributed by atoms with E-state index in [2.05, 4.69) is 21.4 Å². The molecule has 0 bridgehead atoms. The summed E-state index contributed by atoms with van der Waals surface area (Å²) in [5.74, 6) is -1.36. The molecule has 4 aromatic rings. The lowest BCUT2D eigenvalue weighted by Gasteiger charge is -2.48. The van der Waals surface area contributed by atoms with Gasteiger partial charge in [-0.2, -0.15) is 5.26 Å². The molecule has 4 unspecified atom stereocenters. The van der Waals surface area contributed by atoms with Crippen molar-refractivity contribution in [2.75, 3.05) is 13.7 Å². The van der Waals surface area contributed by atoms with Gasteiger partial charge in [0.05, 0.1) is 17.8 Å². The first-order valence-electron chi connectivity index (χ1n) is 13.0. The summed E-state index contributed by atoms with van der Waals surface area (Å²) in [6.07, 6.45) is 0.475. The Morgan fingerprint density at radius 1 is 1.14 bits per heavy atom. The molecule has 0 N–H and O–H groups in total. The van der Waals surface area contributed by atoms with Crippen LogP contribution in [0.15, 0.2) is 65.8 Å². The van der Waals surface area contributed by atoms with Gasteiger partial charge >= 0.3 is 0 Å².